The highest BCUT2D eigenvalue weighted by atomic mass is 79.9. The van der Waals surface area contributed by atoms with Crippen LogP contribution in [0.3, 0.4) is 0 Å². The molecule has 1 N–H and O–H groups in total. The van der Waals surface area contributed by atoms with Crippen LogP contribution in [0.2, 0.25) is 0 Å². The predicted octanol–water partition coefficient (Wildman–Crippen LogP) is 5.46. The zero-order chi connectivity index (χ0) is 20.5. The topological polar surface area (TPSA) is 49.8 Å². The lowest BCUT2D eigenvalue weighted by Crippen LogP contribution is -2.50. The van der Waals surface area contributed by atoms with E-state index in [1.54, 1.807) is 18.7 Å². The SMILES string of the molecule is Cc1cc(Br)cc(C)c1CN1CCC(CC(C)(C)O)(c2ccccc2)OC1=O. The van der Waals surface area contributed by atoms with Crippen LogP contribution in [0.1, 0.15) is 48.9 Å². The molecule has 1 saturated heterocycles. The number of nitrogens with zero attached hydrogens (tertiary/aromatic N) is 1. The summed E-state index contributed by atoms with van der Waals surface area (Å²) in [7, 11) is 0. The molecule has 1 amide bonds. The second-order valence-electron chi connectivity index (χ2n) is 8.41. The second-order valence-corrected chi connectivity index (χ2v) is 9.32. The normalized spacial score (nSPS) is 20.2. The summed E-state index contributed by atoms with van der Waals surface area (Å²) in [5.41, 5.74) is 2.62. The van der Waals surface area contributed by atoms with Crippen molar-refractivity contribution in [3.8, 4) is 0 Å². The van der Waals surface area contributed by atoms with Gasteiger partial charge >= 0.3 is 6.09 Å². The Hall–Kier alpha value is -1.85. The maximum absolute atomic E-state index is 13.0. The third kappa shape index (κ3) is 4.58. The maximum atomic E-state index is 13.0. The van der Waals surface area contributed by atoms with Crippen LogP contribution in [0.25, 0.3) is 0 Å². The smallest absolute Gasteiger partial charge is 0.410 e. The van der Waals surface area contributed by atoms with Gasteiger partial charge in [-0.15, -0.1) is 0 Å². The Labute approximate surface area is 175 Å². The number of rotatable bonds is 5. The molecule has 0 spiro atoms. The average Bonchev–Trinajstić information content (AvgIpc) is 2.59. The third-order valence-electron chi connectivity index (χ3n) is 5.35. The highest BCUT2D eigenvalue weighted by Gasteiger charge is 2.45. The molecule has 2 aromatic carbocycles. The van der Waals surface area contributed by atoms with Gasteiger partial charge in [-0.2, -0.15) is 0 Å². The molecule has 1 atom stereocenters. The first-order valence-electron chi connectivity index (χ1n) is 9.61. The van der Waals surface area contributed by atoms with Crippen molar-refractivity contribution in [2.45, 2.75) is 58.3 Å². The van der Waals surface area contributed by atoms with Crippen molar-refractivity contribution >= 4 is 22.0 Å². The van der Waals surface area contributed by atoms with Gasteiger partial charge in [-0.1, -0.05) is 46.3 Å². The molecular weight excluding hydrogens is 418 g/mol. The summed E-state index contributed by atoms with van der Waals surface area (Å²) in [6.45, 7) is 8.74. The first kappa shape index (κ1) is 20.9. The van der Waals surface area contributed by atoms with Crippen LogP contribution in [0.5, 0.6) is 0 Å². The lowest BCUT2D eigenvalue weighted by molar-refractivity contribution is -0.0973. The number of halogens is 1. The molecule has 0 saturated carbocycles. The lowest BCUT2D eigenvalue weighted by atomic mass is 9.80. The molecule has 0 radical (unpaired) electrons. The Morgan fingerprint density at radius 2 is 1.79 bits per heavy atom. The Balaban J connectivity index is 1.85. The summed E-state index contributed by atoms with van der Waals surface area (Å²) in [5, 5.41) is 10.5. The number of aryl methyl sites for hydroxylation is 2. The summed E-state index contributed by atoms with van der Waals surface area (Å²) in [4.78, 5) is 14.7. The molecule has 1 fully saturated rings. The van der Waals surface area contributed by atoms with Gasteiger partial charge in [0.2, 0.25) is 0 Å². The van der Waals surface area contributed by atoms with Gasteiger partial charge in [-0.25, -0.2) is 4.79 Å². The second kappa shape index (κ2) is 7.88. The number of amides is 1. The van der Waals surface area contributed by atoms with Crippen molar-refractivity contribution in [3.63, 3.8) is 0 Å². The Bertz CT molecular complexity index is 837. The van der Waals surface area contributed by atoms with E-state index in [0.29, 0.717) is 25.9 Å². The summed E-state index contributed by atoms with van der Waals surface area (Å²) >= 11 is 3.52. The van der Waals surface area contributed by atoms with E-state index in [9.17, 15) is 9.90 Å². The van der Waals surface area contributed by atoms with Gasteiger partial charge in [0.15, 0.2) is 0 Å². The highest BCUT2D eigenvalue weighted by Crippen LogP contribution is 2.41. The van der Waals surface area contributed by atoms with Crippen molar-refractivity contribution in [2.24, 2.45) is 0 Å². The Kier molecular flexibility index (Phi) is 5.87. The molecule has 3 rings (SSSR count). The van der Waals surface area contributed by atoms with Gasteiger partial charge in [0.05, 0.1) is 5.60 Å². The molecule has 5 heteroatoms. The fourth-order valence-electron chi connectivity index (χ4n) is 4.08. The Morgan fingerprint density at radius 1 is 1.18 bits per heavy atom. The minimum atomic E-state index is -0.947. The zero-order valence-corrected chi connectivity index (χ0v) is 18.5. The fraction of sp³-hybridized carbons (Fsp3) is 0.435. The monoisotopic (exact) mass is 445 g/mol. The average molecular weight is 446 g/mol. The lowest BCUT2D eigenvalue weighted by Gasteiger charge is -2.44. The summed E-state index contributed by atoms with van der Waals surface area (Å²) in [6, 6.07) is 13.9. The Morgan fingerprint density at radius 3 is 2.32 bits per heavy atom. The van der Waals surface area contributed by atoms with Gasteiger partial charge in [0.1, 0.15) is 5.60 Å². The quantitative estimate of drug-likeness (QED) is 0.663. The van der Waals surface area contributed by atoms with E-state index in [2.05, 4.69) is 41.9 Å². The van der Waals surface area contributed by atoms with Crippen LogP contribution in [0.4, 0.5) is 4.79 Å². The van der Waals surface area contributed by atoms with Crippen LogP contribution in [0, 0.1) is 13.8 Å². The van der Waals surface area contributed by atoms with Crippen molar-refractivity contribution in [2.75, 3.05) is 6.54 Å². The molecule has 2 aromatic rings. The number of hydrogen-bond acceptors (Lipinski definition) is 3. The van der Waals surface area contributed by atoms with Gasteiger partial charge < -0.3 is 14.7 Å². The van der Waals surface area contributed by atoms with Crippen molar-refractivity contribution in [1.29, 1.82) is 0 Å². The van der Waals surface area contributed by atoms with Crippen LogP contribution >= 0.6 is 15.9 Å². The minimum Gasteiger partial charge on any atom is -0.438 e. The van der Waals surface area contributed by atoms with Crippen molar-refractivity contribution in [3.05, 3.63) is 69.2 Å². The van der Waals surface area contributed by atoms with Crippen molar-refractivity contribution in [1.82, 2.24) is 4.90 Å². The third-order valence-corrected chi connectivity index (χ3v) is 5.81. The molecule has 0 aliphatic carbocycles. The van der Waals surface area contributed by atoms with Crippen LogP contribution in [-0.2, 0) is 16.9 Å². The minimum absolute atomic E-state index is 0.332. The molecule has 4 nitrogen and oxygen atoms in total. The number of cyclic esters (lactones) is 1. The number of carbonyl (C=O) groups is 1. The first-order valence-corrected chi connectivity index (χ1v) is 10.4. The van der Waals surface area contributed by atoms with E-state index >= 15 is 0 Å². The number of carbonyl (C=O) groups excluding carboxylic acids is 1. The van der Waals surface area contributed by atoms with Gasteiger partial charge in [-0.3, -0.25) is 0 Å². The van der Waals surface area contributed by atoms with E-state index in [-0.39, 0.29) is 6.09 Å². The van der Waals surface area contributed by atoms with E-state index in [0.717, 1.165) is 26.7 Å². The van der Waals surface area contributed by atoms with Crippen molar-refractivity contribution < 1.29 is 14.6 Å². The molecule has 0 bridgehead atoms. The summed E-state index contributed by atoms with van der Waals surface area (Å²) in [5.74, 6) is 0. The standard InChI is InChI=1S/C23H28BrNO3/c1-16-12-19(24)13-17(2)20(16)14-25-11-10-23(28-21(25)26,15-22(3,4)27)18-8-6-5-7-9-18/h5-9,12-13,27H,10-11,14-15H2,1-4H3. The molecule has 150 valence electrons. The van der Waals surface area contributed by atoms with Gasteiger partial charge in [0.25, 0.3) is 0 Å². The van der Waals surface area contributed by atoms with Crippen LogP contribution in [0.15, 0.2) is 46.9 Å². The van der Waals surface area contributed by atoms with Gasteiger partial charge in [0, 0.05) is 30.4 Å². The molecule has 1 unspecified atom stereocenters. The molecule has 1 aliphatic rings. The number of hydrogen-bond donors (Lipinski definition) is 1. The predicted molar refractivity (Wildman–Crippen MR) is 114 cm³/mol. The largest absolute Gasteiger partial charge is 0.438 e. The summed E-state index contributed by atoms with van der Waals surface area (Å²) in [6.07, 6.45) is 0.669. The molecule has 1 aliphatic heterocycles. The number of aliphatic hydroxyl groups is 1. The molecule has 0 aromatic heterocycles. The first-order chi connectivity index (χ1) is 13.1. The molecular formula is C23H28BrNO3. The number of benzene rings is 2. The van der Waals surface area contributed by atoms with Gasteiger partial charge in [-0.05, 0) is 62.1 Å². The molecule has 1 heterocycles. The fourth-order valence-corrected chi connectivity index (χ4v) is 4.77. The number of ether oxygens (including phenoxy) is 1. The van der Waals surface area contributed by atoms with Crippen LogP contribution in [-0.4, -0.2) is 28.2 Å². The van der Waals surface area contributed by atoms with E-state index in [1.165, 1.54) is 0 Å². The maximum Gasteiger partial charge on any atom is 0.410 e. The highest BCUT2D eigenvalue weighted by molar-refractivity contribution is 9.10. The van der Waals surface area contributed by atoms with E-state index < -0.39 is 11.2 Å². The zero-order valence-electron chi connectivity index (χ0n) is 17.0. The summed E-state index contributed by atoms with van der Waals surface area (Å²) < 4.78 is 7.08. The van der Waals surface area contributed by atoms with E-state index in [1.807, 2.05) is 30.3 Å². The van der Waals surface area contributed by atoms with Crippen LogP contribution < -0.4 is 0 Å². The van der Waals surface area contributed by atoms with E-state index in [4.69, 9.17) is 4.74 Å². The molecule has 28 heavy (non-hydrogen) atoms.